The number of aromatic nitrogens is 2. The molecule has 126 valence electrons. The average molecular weight is 347 g/mol. The molecule has 24 heavy (non-hydrogen) atoms. The summed E-state index contributed by atoms with van der Waals surface area (Å²) in [5.74, 6) is -0.188. The number of halogens is 1. The number of nitrogens with one attached hydrogen (secondary N) is 1. The van der Waals surface area contributed by atoms with Crippen molar-refractivity contribution in [1.82, 2.24) is 14.9 Å². The molecule has 0 radical (unpaired) electrons. The van der Waals surface area contributed by atoms with E-state index >= 15 is 0 Å². The molecule has 1 aliphatic rings. The van der Waals surface area contributed by atoms with Gasteiger partial charge < -0.3 is 14.8 Å². The van der Waals surface area contributed by atoms with E-state index in [0.29, 0.717) is 35.8 Å². The highest BCUT2D eigenvalue weighted by molar-refractivity contribution is 6.31. The van der Waals surface area contributed by atoms with Gasteiger partial charge in [0.05, 0.1) is 17.6 Å². The van der Waals surface area contributed by atoms with Crippen LogP contribution in [0.25, 0.3) is 0 Å². The van der Waals surface area contributed by atoms with Gasteiger partial charge in [-0.25, -0.2) is 4.98 Å². The Bertz CT molecular complexity index is 745. The van der Waals surface area contributed by atoms with Crippen LogP contribution in [0.5, 0.6) is 0 Å². The number of amides is 2. The van der Waals surface area contributed by atoms with Crippen molar-refractivity contribution in [2.75, 3.05) is 11.4 Å². The molecule has 1 aliphatic heterocycles. The monoisotopic (exact) mass is 346 g/mol. The molecule has 6 nitrogen and oxygen atoms in total. The molecule has 1 aromatic heterocycles. The molecule has 0 bridgehead atoms. The first kappa shape index (κ1) is 16.5. The zero-order valence-electron chi connectivity index (χ0n) is 13.4. The Hall–Kier alpha value is -2.34. The number of imidazole rings is 1. The summed E-state index contributed by atoms with van der Waals surface area (Å²) in [6, 6.07) is 4.94. The third-order valence-corrected chi connectivity index (χ3v) is 4.23. The molecule has 1 atom stereocenters. The highest BCUT2D eigenvalue weighted by Crippen LogP contribution is 2.28. The van der Waals surface area contributed by atoms with Gasteiger partial charge in [-0.05, 0) is 31.5 Å². The van der Waals surface area contributed by atoms with Crippen LogP contribution >= 0.6 is 11.6 Å². The Labute approximate surface area is 145 Å². The van der Waals surface area contributed by atoms with E-state index in [2.05, 4.69) is 10.3 Å². The van der Waals surface area contributed by atoms with E-state index in [1.165, 1.54) is 0 Å². The summed E-state index contributed by atoms with van der Waals surface area (Å²) in [7, 11) is 0. The number of carbonyl (C=O) groups excluding carboxylic acids is 2. The minimum atomic E-state index is -0.214. The van der Waals surface area contributed by atoms with Crippen LogP contribution in [0.4, 0.5) is 5.69 Å². The molecule has 7 heteroatoms. The molecule has 0 saturated carbocycles. The predicted octanol–water partition coefficient (Wildman–Crippen LogP) is 2.48. The lowest BCUT2D eigenvalue weighted by Gasteiger charge is -2.21. The summed E-state index contributed by atoms with van der Waals surface area (Å²) in [5, 5.41) is 3.47. The lowest BCUT2D eigenvalue weighted by Crippen LogP contribution is -2.37. The molecule has 2 heterocycles. The molecular weight excluding hydrogens is 328 g/mol. The highest BCUT2D eigenvalue weighted by Gasteiger charge is 2.26. The predicted molar refractivity (Wildman–Crippen MR) is 92.2 cm³/mol. The normalized spacial score (nSPS) is 15.6. The maximum atomic E-state index is 12.7. The van der Waals surface area contributed by atoms with E-state index in [9.17, 15) is 9.59 Å². The second kappa shape index (κ2) is 7.05. The van der Waals surface area contributed by atoms with Crippen molar-refractivity contribution < 1.29 is 9.59 Å². The standard InChI is InChI=1S/C17H19ClN4O2/c1-12(10-21-8-6-19-11-21)20-17(24)14-5-4-13(18)9-15(14)22-7-2-3-16(22)23/h4-6,8-9,11-12H,2-3,7,10H2,1H3,(H,20,24)/t12-/m1/s1. The van der Waals surface area contributed by atoms with Gasteiger partial charge in [0.2, 0.25) is 5.91 Å². The van der Waals surface area contributed by atoms with Crippen LogP contribution in [0.15, 0.2) is 36.9 Å². The number of carbonyl (C=O) groups is 2. The summed E-state index contributed by atoms with van der Waals surface area (Å²) in [6.45, 7) is 3.16. The van der Waals surface area contributed by atoms with Gasteiger partial charge in [0.15, 0.2) is 0 Å². The molecular formula is C17H19ClN4O2. The van der Waals surface area contributed by atoms with Crippen molar-refractivity contribution in [1.29, 1.82) is 0 Å². The number of nitrogens with zero attached hydrogens (tertiary/aromatic N) is 3. The maximum Gasteiger partial charge on any atom is 0.253 e. The second-order valence-corrected chi connectivity index (χ2v) is 6.38. The molecule has 0 unspecified atom stereocenters. The Kier molecular flexibility index (Phi) is 4.85. The van der Waals surface area contributed by atoms with Crippen LogP contribution < -0.4 is 10.2 Å². The summed E-state index contributed by atoms with van der Waals surface area (Å²) < 4.78 is 1.90. The lowest BCUT2D eigenvalue weighted by atomic mass is 10.1. The maximum absolute atomic E-state index is 12.7. The summed E-state index contributed by atoms with van der Waals surface area (Å²) >= 11 is 6.07. The topological polar surface area (TPSA) is 67.2 Å². The molecule has 0 aliphatic carbocycles. The summed E-state index contributed by atoms with van der Waals surface area (Å²) in [5.41, 5.74) is 1.05. The lowest BCUT2D eigenvalue weighted by molar-refractivity contribution is -0.117. The number of hydrogen-bond donors (Lipinski definition) is 1. The average Bonchev–Trinajstić information content (AvgIpc) is 3.18. The van der Waals surface area contributed by atoms with Crippen LogP contribution in [-0.2, 0) is 11.3 Å². The van der Waals surface area contributed by atoms with Gasteiger partial charge in [-0.1, -0.05) is 11.6 Å². The molecule has 1 saturated heterocycles. The third-order valence-electron chi connectivity index (χ3n) is 3.99. The van der Waals surface area contributed by atoms with Crippen LogP contribution in [0.1, 0.15) is 30.1 Å². The van der Waals surface area contributed by atoms with Gasteiger partial charge in [0, 0.05) is 43.0 Å². The van der Waals surface area contributed by atoms with Gasteiger partial charge in [0.25, 0.3) is 5.91 Å². The van der Waals surface area contributed by atoms with Crippen molar-refractivity contribution in [3.63, 3.8) is 0 Å². The minimum Gasteiger partial charge on any atom is -0.348 e. The van der Waals surface area contributed by atoms with Crippen molar-refractivity contribution >= 4 is 29.1 Å². The van der Waals surface area contributed by atoms with Crippen molar-refractivity contribution in [2.45, 2.75) is 32.4 Å². The fraction of sp³-hybridized carbons (Fsp3) is 0.353. The molecule has 3 rings (SSSR count). The molecule has 1 N–H and O–H groups in total. The van der Waals surface area contributed by atoms with Crippen molar-refractivity contribution in [3.05, 3.63) is 47.5 Å². The Morgan fingerprint density at radius 3 is 2.96 bits per heavy atom. The van der Waals surface area contributed by atoms with E-state index < -0.39 is 0 Å². The molecule has 0 spiro atoms. The van der Waals surface area contributed by atoms with Gasteiger partial charge in [-0.15, -0.1) is 0 Å². The van der Waals surface area contributed by atoms with Crippen molar-refractivity contribution in [2.24, 2.45) is 0 Å². The van der Waals surface area contributed by atoms with E-state index in [1.807, 2.05) is 17.7 Å². The van der Waals surface area contributed by atoms with Gasteiger partial charge in [0.1, 0.15) is 0 Å². The molecule has 2 amide bonds. The zero-order valence-corrected chi connectivity index (χ0v) is 14.2. The Morgan fingerprint density at radius 2 is 2.29 bits per heavy atom. The number of benzene rings is 1. The van der Waals surface area contributed by atoms with Gasteiger partial charge in [-0.2, -0.15) is 0 Å². The summed E-state index contributed by atoms with van der Waals surface area (Å²) in [6.07, 6.45) is 6.55. The first-order chi connectivity index (χ1) is 11.5. The Morgan fingerprint density at radius 1 is 1.46 bits per heavy atom. The number of anilines is 1. The quantitative estimate of drug-likeness (QED) is 0.904. The number of rotatable bonds is 5. The smallest absolute Gasteiger partial charge is 0.253 e. The fourth-order valence-corrected chi connectivity index (χ4v) is 3.05. The van der Waals surface area contributed by atoms with Crippen LogP contribution in [0, 0.1) is 0 Å². The van der Waals surface area contributed by atoms with Gasteiger partial charge >= 0.3 is 0 Å². The largest absolute Gasteiger partial charge is 0.348 e. The second-order valence-electron chi connectivity index (χ2n) is 5.94. The minimum absolute atomic E-state index is 0.0257. The third kappa shape index (κ3) is 3.59. The Balaban J connectivity index is 1.78. The SMILES string of the molecule is C[C@H](Cn1ccnc1)NC(=O)c1ccc(Cl)cc1N1CCCC1=O. The summed E-state index contributed by atoms with van der Waals surface area (Å²) in [4.78, 5) is 30.3. The van der Waals surface area contributed by atoms with Crippen LogP contribution in [0.2, 0.25) is 5.02 Å². The first-order valence-corrected chi connectivity index (χ1v) is 8.29. The van der Waals surface area contributed by atoms with Crippen molar-refractivity contribution in [3.8, 4) is 0 Å². The first-order valence-electron chi connectivity index (χ1n) is 7.91. The highest BCUT2D eigenvalue weighted by atomic mass is 35.5. The van der Waals surface area contributed by atoms with Crippen LogP contribution in [0.3, 0.4) is 0 Å². The fourth-order valence-electron chi connectivity index (χ4n) is 2.88. The zero-order chi connectivity index (χ0) is 17.1. The molecule has 2 aromatic rings. The molecule has 1 fully saturated rings. The molecule has 1 aromatic carbocycles. The van der Waals surface area contributed by atoms with Crippen LogP contribution in [-0.4, -0.2) is 34.0 Å². The van der Waals surface area contributed by atoms with E-state index in [0.717, 1.165) is 6.42 Å². The van der Waals surface area contributed by atoms with E-state index in [4.69, 9.17) is 11.6 Å². The number of hydrogen-bond acceptors (Lipinski definition) is 3. The van der Waals surface area contributed by atoms with E-state index in [1.54, 1.807) is 35.6 Å². The van der Waals surface area contributed by atoms with Gasteiger partial charge in [-0.3, -0.25) is 9.59 Å². The van der Waals surface area contributed by atoms with E-state index in [-0.39, 0.29) is 17.9 Å².